The second-order valence-electron chi connectivity index (χ2n) is 8.03. The summed E-state index contributed by atoms with van der Waals surface area (Å²) >= 11 is 6.37. The number of nitrogens with zero attached hydrogens (tertiary/aromatic N) is 5. The van der Waals surface area contributed by atoms with Gasteiger partial charge in [0.1, 0.15) is 5.70 Å². The van der Waals surface area contributed by atoms with Gasteiger partial charge < -0.3 is 14.5 Å². The highest BCUT2D eigenvalue weighted by Gasteiger charge is 2.37. The lowest BCUT2D eigenvalue weighted by Gasteiger charge is -2.34. The van der Waals surface area contributed by atoms with Crippen molar-refractivity contribution in [2.75, 3.05) is 45.3 Å². The van der Waals surface area contributed by atoms with Gasteiger partial charge in [0.25, 0.3) is 0 Å². The maximum atomic E-state index is 13.2. The molecule has 166 valence electrons. The van der Waals surface area contributed by atoms with Gasteiger partial charge in [0.05, 0.1) is 17.6 Å². The Labute approximate surface area is 192 Å². The second-order valence-corrected chi connectivity index (χ2v) is 8.46. The van der Waals surface area contributed by atoms with Crippen molar-refractivity contribution in [1.29, 1.82) is 0 Å². The zero-order chi connectivity index (χ0) is 22.2. The first-order chi connectivity index (χ1) is 15.5. The highest BCUT2D eigenvalue weighted by Crippen LogP contribution is 2.35. The molecule has 3 aliphatic rings. The predicted molar refractivity (Wildman–Crippen MR) is 124 cm³/mol. The quantitative estimate of drug-likeness (QED) is 0.759. The minimum atomic E-state index is -0.603. The summed E-state index contributed by atoms with van der Waals surface area (Å²) in [5, 5.41) is 3.97. The van der Waals surface area contributed by atoms with E-state index in [1.54, 1.807) is 13.3 Å². The zero-order valence-electron chi connectivity index (χ0n) is 18.0. The third-order valence-electron chi connectivity index (χ3n) is 5.93. The first-order valence-corrected chi connectivity index (χ1v) is 10.9. The van der Waals surface area contributed by atoms with Crippen molar-refractivity contribution in [3.05, 3.63) is 76.6 Å². The van der Waals surface area contributed by atoms with Crippen molar-refractivity contribution in [3.63, 3.8) is 0 Å². The number of amides is 2. The van der Waals surface area contributed by atoms with Gasteiger partial charge in [0, 0.05) is 49.4 Å². The van der Waals surface area contributed by atoms with Gasteiger partial charge in [-0.2, -0.15) is 0 Å². The number of fused-ring (bicyclic) bond motifs is 3. The molecule has 2 aromatic carbocycles. The van der Waals surface area contributed by atoms with Gasteiger partial charge in [0.15, 0.2) is 6.23 Å². The Bertz CT molecular complexity index is 1080. The van der Waals surface area contributed by atoms with E-state index in [1.165, 1.54) is 5.01 Å². The molecule has 0 spiro atoms. The molecule has 8 nitrogen and oxygen atoms in total. The Morgan fingerprint density at radius 2 is 1.88 bits per heavy atom. The molecule has 5 rings (SSSR count). The molecule has 9 heteroatoms. The van der Waals surface area contributed by atoms with E-state index in [1.807, 2.05) is 58.4 Å². The van der Waals surface area contributed by atoms with E-state index >= 15 is 0 Å². The second kappa shape index (κ2) is 8.55. The van der Waals surface area contributed by atoms with E-state index in [2.05, 4.69) is 17.5 Å². The third kappa shape index (κ3) is 3.75. The third-order valence-corrected chi connectivity index (χ3v) is 6.17. The number of carbonyl (C=O) groups is 1. The number of carbonyl (C=O) groups excluding carboxylic acids is 1. The summed E-state index contributed by atoms with van der Waals surface area (Å²) < 4.78 is 5.76. The molecule has 2 aromatic rings. The Kier molecular flexibility index (Phi) is 5.60. The van der Waals surface area contributed by atoms with Crippen LogP contribution in [0.25, 0.3) is 0 Å². The van der Waals surface area contributed by atoms with Crippen LogP contribution in [0.5, 0.6) is 0 Å². The number of urea groups is 1. The Morgan fingerprint density at radius 3 is 2.59 bits per heavy atom. The number of benzene rings is 2. The van der Waals surface area contributed by atoms with Crippen LogP contribution in [0.4, 0.5) is 10.5 Å². The fourth-order valence-electron chi connectivity index (χ4n) is 4.14. The van der Waals surface area contributed by atoms with Crippen LogP contribution < -0.4 is 10.5 Å². The van der Waals surface area contributed by atoms with Crippen LogP contribution in [0.15, 0.2) is 65.4 Å². The van der Waals surface area contributed by atoms with Crippen LogP contribution >= 0.6 is 11.6 Å². The first kappa shape index (κ1) is 21.0. The fraction of sp³-hybridized carbons (Fsp3) is 0.304. The van der Waals surface area contributed by atoms with Gasteiger partial charge >= 0.3 is 6.03 Å². The lowest BCUT2D eigenvalue weighted by Crippen LogP contribution is -2.54. The maximum Gasteiger partial charge on any atom is 0.340 e. The summed E-state index contributed by atoms with van der Waals surface area (Å²) in [5.41, 5.74) is 7.40. The van der Waals surface area contributed by atoms with Crippen molar-refractivity contribution in [2.45, 2.75) is 6.23 Å². The number of methoxy groups -OCH3 is 1. The van der Waals surface area contributed by atoms with Gasteiger partial charge in [-0.3, -0.25) is 5.01 Å². The molecule has 1 unspecified atom stereocenters. The number of likely N-dealkylation sites (N-methyl/N-ethyl adjacent to an activating group) is 1. The maximum absolute atomic E-state index is 13.2. The Morgan fingerprint density at radius 1 is 1.12 bits per heavy atom. The number of hydrogen-bond acceptors (Lipinski definition) is 6. The van der Waals surface area contributed by atoms with Crippen molar-refractivity contribution in [2.24, 2.45) is 4.99 Å². The van der Waals surface area contributed by atoms with Crippen molar-refractivity contribution >= 4 is 29.0 Å². The van der Waals surface area contributed by atoms with E-state index in [0.29, 0.717) is 18.1 Å². The number of aliphatic imine (C=N–C) groups is 1. The largest absolute Gasteiger partial charge is 0.354 e. The normalized spacial score (nSPS) is 21.0. The lowest BCUT2D eigenvalue weighted by atomic mass is 10.0. The summed E-state index contributed by atoms with van der Waals surface area (Å²) in [6, 6.07) is 15.5. The standard InChI is InChI=1S/C23H25ClN6O2/c1-27-10-12-28(13-11-27)23(31)29-15-20-22(32-2)25-21(16-6-4-3-5-7-16)18-14-17(24)8-9-19(18)30(20)26-29/h3-9,14-15,22,26H,10-13H2,1-2H3. The summed E-state index contributed by atoms with van der Waals surface area (Å²) in [7, 11) is 3.68. The molecule has 0 aliphatic carbocycles. The van der Waals surface area contributed by atoms with Crippen LogP contribution in [0.3, 0.4) is 0 Å². The predicted octanol–water partition coefficient (Wildman–Crippen LogP) is 2.91. The molecule has 1 N–H and O–H groups in total. The Hall–Kier alpha value is -2.91. The van der Waals surface area contributed by atoms with Gasteiger partial charge in [0.2, 0.25) is 0 Å². The van der Waals surface area contributed by atoms with Crippen LogP contribution in [0, 0.1) is 0 Å². The number of rotatable bonds is 2. The van der Waals surface area contributed by atoms with Crippen molar-refractivity contribution in [1.82, 2.24) is 20.3 Å². The van der Waals surface area contributed by atoms with E-state index in [9.17, 15) is 4.79 Å². The smallest absolute Gasteiger partial charge is 0.340 e. The minimum Gasteiger partial charge on any atom is -0.354 e. The van der Waals surface area contributed by atoms with Crippen molar-refractivity contribution in [3.8, 4) is 0 Å². The van der Waals surface area contributed by atoms with Crippen LogP contribution in [0.1, 0.15) is 11.1 Å². The van der Waals surface area contributed by atoms with E-state index in [-0.39, 0.29) is 6.03 Å². The average molecular weight is 453 g/mol. The molecule has 0 radical (unpaired) electrons. The number of piperazine rings is 1. The molecular formula is C23H25ClN6O2. The number of nitrogens with one attached hydrogen (secondary N) is 1. The highest BCUT2D eigenvalue weighted by atomic mass is 35.5. The van der Waals surface area contributed by atoms with E-state index < -0.39 is 6.23 Å². The summed E-state index contributed by atoms with van der Waals surface area (Å²) in [4.78, 5) is 22.2. The monoisotopic (exact) mass is 452 g/mol. The van der Waals surface area contributed by atoms with Gasteiger partial charge in [-0.25, -0.2) is 14.8 Å². The molecule has 3 heterocycles. The van der Waals surface area contributed by atoms with Gasteiger partial charge in [-0.05, 0) is 25.2 Å². The molecular weight excluding hydrogens is 428 g/mol. The van der Waals surface area contributed by atoms with Gasteiger partial charge in [-0.15, -0.1) is 5.53 Å². The SMILES string of the molecule is COC1N=C(c2ccccc2)c2cc(Cl)ccc2N2NN(C(=O)N3CCN(C)CC3)C=C12. The topological polar surface area (TPSA) is 63.7 Å². The number of hydrogen-bond donors (Lipinski definition) is 1. The van der Waals surface area contributed by atoms with Crippen LogP contribution in [0.2, 0.25) is 5.02 Å². The number of anilines is 1. The van der Waals surface area contributed by atoms with E-state index in [4.69, 9.17) is 21.3 Å². The molecule has 2 amide bonds. The van der Waals surface area contributed by atoms with Gasteiger partial charge in [-0.1, -0.05) is 41.9 Å². The fourth-order valence-corrected chi connectivity index (χ4v) is 4.32. The summed E-state index contributed by atoms with van der Waals surface area (Å²) in [5.74, 6) is 0. The van der Waals surface area contributed by atoms with E-state index in [0.717, 1.165) is 41.3 Å². The molecule has 0 saturated carbocycles. The minimum absolute atomic E-state index is 0.101. The number of ether oxygens (including phenoxy) is 1. The number of hydrazine groups is 2. The molecule has 32 heavy (non-hydrogen) atoms. The molecule has 0 bridgehead atoms. The highest BCUT2D eigenvalue weighted by molar-refractivity contribution is 6.31. The molecule has 1 saturated heterocycles. The molecule has 1 fully saturated rings. The molecule has 0 aromatic heterocycles. The summed E-state index contributed by atoms with van der Waals surface area (Å²) in [6.07, 6.45) is 1.17. The van der Waals surface area contributed by atoms with Crippen LogP contribution in [-0.2, 0) is 4.74 Å². The van der Waals surface area contributed by atoms with Crippen molar-refractivity contribution < 1.29 is 9.53 Å². The molecule has 1 atom stereocenters. The lowest BCUT2D eigenvalue weighted by molar-refractivity contribution is 0.125. The van der Waals surface area contributed by atoms with Crippen LogP contribution in [-0.4, -0.2) is 73.1 Å². The first-order valence-electron chi connectivity index (χ1n) is 10.6. The average Bonchev–Trinajstić information content (AvgIpc) is 3.20. The number of halogens is 1. The Balaban J connectivity index is 1.55. The zero-order valence-corrected chi connectivity index (χ0v) is 18.8. The summed E-state index contributed by atoms with van der Waals surface area (Å²) in [6.45, 7) is 3.08. The molecule has 3 aliphatic heterocycles.